The molecule has 3 N–H and O–H groups in total. The summed E-state index contributed by atoms with van der Waals surface area (Å²) < 4.78 is 0. The molecule has 38 valence electrons. The Morgan fingerprint density at radius 1 is 1.00 bits per heavy atom. The molecule has 0 aliphatic carbocycles. The molecule has 6 heteroatoms. The van der Waals surface area contributed by atoms with E-state index in [1.807, 2.05) is 0 Å². The SMILES string of the molecule is OB(O)O.[Mo].[SiH4]. The Bertz CT molecular complexity index is 15.5. The van der Waals surface area contributed by atoms with E-state index in [1.54, 1.807) is 0 Å². The van der Waals surface area contributed by atoms with Crippen LogP contribution in [0.5, 0.6) is 0 Å². The minimum Gasteiger partial charge on any atom is -0.402 e. The van der Waals surface area contributed by atoms with E-state index < -0.39 is 7.32 Å². The Morgan fingerprint density at radius 2 is 1.00 bits per heavy atom. The van der Waals surface area contributed by atoms with Crippen molar-refractivity contribution in [3.63, 3.8) is 0 Å². The van der Waals surface area contributed by atoms with E-state index in [-0.39, 0.29) is 32.0 Å². The van der Waals surface area contributed by atoms with E-state index in [4.69, 9.17) is 15.1 Å². The smallest absolute Gasteiger partial charge is 0.402 e. The third-order valence-electron chi connectivity index (χ3n) is 0. The summed E-state index contributed by atoms with van der Waals surface area (Å²) in [5.74, 6) is 0. The van der Waals surface area contributed by atoms with Gasteiger partial charge in [0.05, 0.1) is 0 Å². The number of rotatable bonds is 0. The molecule has 0 aliphatic rings. The van der Waals surface area contributed by atoms with Gasteiger partial charge in [-0.15, -0.1) is 0 Å². The van der Waals surface area contributed by atoms with E-state index in [9.17, 15) is 0 Å². The predicted molar refractivity (Wildman–Crippen MR) is 23.7 cm³/mol. The first kappa shape index (κ1) is 15.8. The Kier molecular flexibility index (Phi) is 24.5. The molecular weight excluding hydrogens is 183 g/mol. The van der Waals surface area contributed by atoms with E-state index in [1.165, 1.54) is 0 Å². The van der Waals surface area contributed by atoms with Gasteiger partial charge in [0.1, 0.15) is 0 Å². The van der Waals surface area contributed by atoms with Gasteiger partial charge in [-0.2, -0.15) is 0 Å². The Labute approximate surface area is 54.8 Å². The van der Waals surface area contributed by atoms with Gasteiger partial charge in [-0.1, -0.05) is 0 Å². The van der Waals surface area contributed by atoms with Crippen LogP contribution in [-0.2, 0) is 21.1 Å². The summed E-state index contributed by atoms with van der Waals surface area (Å²) in [5.41, 5.74) is 0. The molecule has 0 saturated carbocycles. The molecule has 0 spiro atoms. The largest absolute Gasteiger partial charge is 0.631 e. The summed E-state index contributed by atoms with van der Waals surface area (Å²) in [7, 11) is -2.17. The first-order valence-electron chi connectivity index (χ1n) is 0.775. The normalized spacial score (nSPS) is 4.50. The maximum Gasteiger partial charge on any atom is 0.631 e. The van der Waals surface area contributed by atoms with Crippen molar-refractivity contribution in [2.75, 3.05) is 0 Å². The molecule has 0 aromatic heterocycles. The van der Waals surface area contributed by atoms with Crippen LogP contribution in [0.4, 0.5) is 0 Å². The van der Waals surface area contributed by atoms with Crippen LogP contribution in [0.1, 0.15) is 0 Å². The quantitative estimate of drug-likeness (QED) is 0.347. The van der Waals surface area contributed by atoms with Crippen molar-refractivity contribution in [3.05, 3.63) is 0 Å². The van der Waals surface area contributed by atoms with E-state index in [0.717, 1.165) is 0 Å². The molecule has 0 aromatic rings. The van der Waals surface area contributed by atoms with Crippen molar-refractivity contribution in [2.24, 2.45) is 0 Å². The minimum absolute atomic E-state index is 0. The van der Waals surface area contributed by atoms with Crippen molar-refractivity contribution in [1.82, 2.24) is 0 Å². The molecule has 0 bridgehead atoms. The summed E-state index contributed by atoms with van der Waals surface area (Å²) >= 11 is 0. The number of hydrogen-bond acceptors (Lipinski definition) is 3. The molecule has 3 nitrogen and oxygen atoms in total. The second-order valence-corrected chi connectivity index (χ2v) is 0.346. The third kappa shape index (κ3) is 99.5. The fraction of sp³-hybridized carbons (Fsp3) is 0. The summed E-state index contributed by atoms with van der Waals surface area (Å²) in [6, 6.07) is 0. The second kappa shape index (κ2) is 9.28. The van der Waals surface area contributed by atoms with Gasteiger partial charge >= 0.3 is 7.32 Å². The van der Waals surface area contributed by atoms with Crippen molar-refractivity contribution in [1.29, 1.82) is 0 Å². The van der Waals surface area contributed by atoms with Gasteiger partial charge in [-0.05, 0) is 11.0 Å². The van der Waals surface area contributed by atoms with Crippen LogP contribution in [0.3, 0.4) is 0 Å². The van der Waals surface area contributed by atoms with Crippen molar-refractivity contribution in [3.8, 4) is 0 Å². The van der Waals surface area contributed by atoms with E-state index in [2.05, 4.69) is 0 Å². The molecule has 0 aromatic carbocycles. The summed E-state index contributed by atoms with van der Waals surface area (Å²) in [4.78, 5) is 0. The zero-order chi connectivity index (χ0) is 3.58. The van der Waals surface area contributed by atoms with Crippen molar-refractivity contribution >= 4 is 18.3 Å². The Hall–Kier alpha value is 0.850. The zero-order valence-corrected chi connectivity index (χ0v) is 4.33. The summed E-state index contributed by atoms with van der Waals surface area (Å²) in [6.07, 6.45) is 0. The fourth-order valence-corrected chi connectivity index (χ4v) is 0. The monoisotopic (exact) mass is 192 g/mol. The fourth-order valence-electron chi connectivity index (χ4n) is 0. The van der Waals surface area contributed by atoms with Crippen LogP contribution in [0.2, 0.25) is 0 Å². The van der Waals surface area contributed by atoms with Crippen LogP contribution in [0, 0.1) is 0 Å². The molecule has 6 heavy (non-hydrogen) atoms. The summed E-state index contributed by atoms with van der Waals surface area (Å²) in [5, 5.41) is 21.5. The molecule has 0 aliphatic heterocycles. The average Bonchev–Trinajstić information content (AvgIpc) is 0.811. The van der Waals surface area contributed by atoms with Gasteiger partial charge in [-0.3, -0.25) is 0 Å². The molecule has 0 amide bonds. The van der Waals surface area contributed by atoms with Crippen LogP contribution < -0.4 is 0 Å². The van der Waals surface area contributed by atoms with Gasteiger partial charge in [-0.25, -0.2) is 0 Å². The Morgan fingerprint density at radius 3 is 1.00 bits per heavy atom. The van der Waals surface area contributed by atoms with Crippen LogP contribution in [-0.4, -0.2) is 33.4 Å². The average molecular weight is 190 g/mol. The zero-order valence-electron chi connectivity index (χ0n) is 2.33. The molecule has 0 rings (SSSR count). The topological polar surface area (TPSA) is 60.7 Å². The van der Waals surface area contributed by atoms with Crippen molar-refractivity contribution in [2.45, 2.75) is 0 Å². The predicted octanol–water partition coefficient (Wildman–Crippen LogP) is -3.51. The third-order valence-corrected chi connectivity index (χ3v) is 0. The van der Waals surface area contributed by atoms with Gasteiger partial charge in [0.2, 0.25) is 0 Å². The maximum atomic E-state index is 7.17. The summed E-state index contributed by atoms with van der Waals surface area (Å²) in [6.45, 7) is 0. The molecule has 0 unspecified atom stereocenters. The van der Waals surface area contributed by atoms with Gasteiger partial charge in [0.15, 0.2) is 0 Å². The van der Waals surface area contributed by atoms with E-state index >= 15 is 0 Å². The van der Waals surface area contributed by atoms with Crippen LogP contribution in [0.25, 0.3) is 0 Å². The standard InChI is InChI=1S/BH3O3.Mo.H4Si/c2-1(3)4;;/h2-4H;;1H4. The van der Waals surface area contributed by atoms with Gasteiger partial charge in [0.25, 0.3) is 0 Å². The molecule has 0 atom stereocenters. The molecule has 0 heterocycles. The van der Waals surface area contributed by atoms with Crippen LogP contribution >= 0.6 is 0 Å². The van der Waals surface area contributed by atoms with Crippen LogP contribution in [0.15, 0.2) is 0 Å². The Balaban J connectivity index is -0.0000000450. The number of hydrogen-bond donors (Lipinski definition) is 3. The molecule has 0 radical (unpaired) electrons. The minimum atomic E-state index is -2.17. The van der Waals surface area contributed by atoms with Gasteiger partial charge < -0.3 is 15.1 Å². The molecule has 0 saturated heterocycles. The molecular formula is H7BMoO3Si. The first-order valence-corrected chi connectivity index (χ1v) is 0.775. The maximum absolute atomic E-state index is 7.17. The van der Waals surface area contributed by atoms with Gasteiger partial charge in [0, 0.05) is 21.1 Å². The first-order chi connectivity index (χ1) is 1.73. The van der Waals surface area contributed by atoms with E-state index in [0.29, 0.717) is 0 Å². The van der Waals surface area contributed by atoms with Crippen molar-refractivity contribution < 1.29 is 36.1 Å². The molecule has 0 fully saturated rings. The second-order valence-electron chi connectivity index (χ2n) is 0.346.